The molecule has 310 valence electrons. The minimum Gasteiger partial charge on any atom is -0.393 e. The summed E-state index contributed by atoms with van der Waals surface area (Å²) in [4.78, 5) is 95.5. The molecule has 0 bridgehead atoms. The van der Waals surface area contributed by atoms with Gasteiger partial charge in [0.2, 0.25) is 35.4 Å². The minimum absolute atomic E-state index is 0.123. The second-order valence-electron chi connectivity index (χ2n) is 14.3. The van der Waals surface area contributed by atoms with Crippen LogP contribution in [0, 0.1) is 0 Å². The molecule has 1 fully saturated rings. The van der Waals surface area contributed by atoms with Gasteiger partial charge in [-0.1, -0.05) is 18.2 Å². The number of carbonyl (C=O) groups is 7. The molecule has 1 unspecified atom stereocenters. The molecule has 2 heterocycles. The van der Waals surface area contributed by atoms with Gasteiger partial charge in [0.1, 0.15) is 36.5 Å². The third-order valence-electron chi connectivity index (χ3n) is 9.21. The first kappa shape index (κ1) is 46.1. The first-order chi connectivity index (χ1) is 26.2. The Morgan fingerprint density at radius 1 is 1.00 bits per heavy atom. The Balaban J connectivity index is 1.78. The zero-order valence-electron chi connectivity index (χ0n) is 31.4. The van der Waals surface area contributed by atoms with Gasteiger partial charge >= 0.3 is 0 Å². The first-order valence-corrected chi connectivity index (χ1v) is 18.9. The summed E-state index contributed by atoms with van der Waals surface area (Å²) < 4.78 is 0. The van der Waals surface area contributed by atoms with Crippen LogP contribution >= 0.6 is 25.3 Å². The number of H-pyrrole nitrogens is 1. The van der Waals surface area contributed by atoms with E-state index in [0.29, 0.717) is 27.8 Å². The third kappa shape index (κ3) is 12.1. The fraction of sp³-hybridized carbons (Fsp3) is 0.571. The lowest BCUT2D eigenvalue weighted by Gasteiger charge is -2.30. The summed E-state index contributed by atoms with van der Waals surface area (Å²) in [7, 11) is 0. The molecular weight excluding hydrogens is 773 g/mol. The van der Waals surface area contributed by atoms with Crippen LogP contribution in [0.25, 0.3) is 10.9 Å². The maximum atomic E-state index is 13.6. The number of fused-ring (bicyclic) bond motifs is 1. The van der Waals surface area contributed by atoms with Gasteiger partial charge in [-0.3, -0.25) is 28.8 Å². The van der Waals surface area contributed by atoms with Gasteiger partial charge in [-0.05, 0) is 39.3 Å². The van der Waals surface area contributed by atoms with E-state index in [1.807, 2.05) is 0 Å². The summed E-state index contributed by atoms with van der Waals surface area (Å²) in [6.45, 7) is 4.23. The van der Waals surface area contributed by atoms with Crippen molar-refractivity contribution in [3.63, 3.8) is 0 Å². The highest BCUT2D eigenvalue weighted by Crippen LogP contribution is 2.26. The highest BCUT2D eigenvalue weighted by atomic mass is 32.1. The Hall–Kier alpha value is -4.25. The van der Waals surface area contributed by atoms with E-state index in [9.17, 15) is 54.0 Å². The van der Waals surface area contributed by atoms with Gasteiger partial charge in [-0.15, -0.1) is 12.6 Å². The van der Waals surface area contributed by atoms with Crippen LogP contribution in [-0.4, -0.2) is 151 Å². The highest BCUT2D eigenvalue weighted by Gasteiger charge is 2.43. The van der Waals surface area contributed by atoms with E-state index in [4.69, 9.17) is 5.73 Å². The molecule has 56 heavy (non-hydrogen) atoms. The van der Waals surface area contributed by atoms with E-state index in [1.165, 1.54) is 27.7 Å². The normalized spacial score (nSPS) is 20.3. The Labute approximate surface area is 334 Å². The van der Waals surface area contributed by atoms with E-state index < -0.39 is 102 Å². The van der Waals surface area contributed by atoms with Crippen LogP contribution in [0.15, 0.2) is 29.3 Å². The van der Waals surface area contributed by atoms with Crippen molar-refractivity contribution in [3.05, 3.63) is 29.8 Å². The number of hydrogen-bond acceptors (Lipinski definition) is 14. The van der Waals surface area contributed by atoms with Crippen LogP contribution in [-0.2, 0) is 40.0 Å². The van der Waals surface area contributed by atoms with Crippen molar-refractivity contribution >= 4 is 77.9 Å². The maximum Gasteiger partial charge on any atom is 0.246 e. The molecule has 10 atom stereocenters. The predicted molar refractivity (Wildman–Crippen MR) is 208 cm³/mol. The lowest BCUT2D eigenvalue weighted by molar-refractivity contribution is -0.142. The summed E-state index contributed by atoms with van der Waals surface area (Å²) in [5, 5.41) is 53.8. The molecule has 1 aromatic heterocycles. The van der Waals surface area contributed by atoms with E-state index in [0.717, 1.165) is 4.90 Å². The number of nitrogens with one attached hydrogen (secondary N) is 6. The number of aromatic amines is 1. The summed E-state index contributed by atoms with van der Waals surface area (Å²) in [5.74, 6) is -5.23. The first-order valence-electron chi connectivity index (χ1n) is 17.8. The number of thiol groups is 2. The molecule has 0 spiro atoms. The number of aldehydes is 1. The summed E-state index contributed by atoms with van der Waals surface area (Å²) >= 11 is 8.66. The molecular formula is C35H52N8O11S2. The van der Waals surface area contributed by atoms with Crippen LogP contribution in [0.1, 0.15) is 46.1 Å². The molecule has 0 saturated carbocycles. The van der Waals surface area contributed by atoms with Crippen molar-refractivity contribution < 1.29 is 54.0 Å². The molecule has 12 N–H and O–H groups in total. The molecule has 19 nitrogen and oxygen atoms in total. The topological polar surface area (TPSA) is 306 Å². The van der Waals surface area contributed by atoms with E-state index in [-0.39, 0.29) is 31.6 Å². The molecule has 1 aliphatic rings. The van der Waals surface area contributed by atoms with Crippen molar-refractivity contribution in [2.75, 3.05) is 18.9 Å². The summed E-state index contributed by atoms with van der Waals surface area (Å²) in [6, 6.07) is -1.91. The molecule has 3 rings (SSSR count). The second-order valence-corrected chi connectivity index (χ2v) is 15.1. The number of para-hydroxylation sites is 1. The molecule has 2 aromatic rings. The average Bonchev–Trinajstić information content (AvgIpc) is 3.69. The molecule has 1 aromatic carbocycles. The fourth-order valence-corrected chi connectivity index (χ4v) is 6.66. The van der Waals surface area contributed by atoms with Crippen molar-refractivity contribution in [3.8, 4) is 0 Å². The number of aromatic nitrogens is 1. The highest BCUT2D eigenvalue weighted by molar-refractivity contribution is 7.80. The van der Waals surface area contributed by atoms with Crippen LogP contribution in [0.5, 0.6) is 0 Å². The number of benzene rings is 1. The molecule has 1 saturated heterocycles. The number of hydrogen-bond donors (Lipinski definition) is 13. The quantitative estimate of drug-likeness (QED) is 0.0483. The smallest absolute Gasteiger partial charge is 0.246 e. The number of nitrogens with zero attached hydrogens (tertiary/aromatic N) is 1. The Bertz CT molecular complexity index is 1760. The van der Waals surface area contributed by atoms with Crippen LogP contribution in [0.3, 0.4) is 0 Å². The number of aliphatic hydroxyl groups excluding tert-OH is 3. The maximum absolute atomic E-state index is 13.6. The van der Waals surface area contributed by atoms with Gasteiger partial charge in [0, 0.05) is 42.5 Å². The Morgan fingerprint density at radius 2 is 1.64 bits per heavy atom. The van der Waals surface area contributed by atoms with Gasteiger partial charge in [-0.25, -0.2) is 0 Å². The largest absolute Gasteiger partial charge is 0.393 e. The lowest BCUT2D eigenvalue weighted by atomic mass is 9.97. The van der Waals surface area contributed by atoms with Gasteiger partial charge in [0.05, 0.1) is 41.5 Å². The van der Waals surface area contributed by atoms with Gasteiger partial charge in [0.25, 0.3) is 0 Å². The van der Waals surface area contributed by atoms with Gasteiger partial charge in [0.15, 0.2) is 0 Å². The monoisotopic (exact) mass is 824 g/mol. The fourth-order valence-electron chi connectivity index (χ4n) is 6.08. The van der Waals surface area contributed by atoms with Crippen LogP contribution in [0.4, 0.5) is 0 Å². The number of amides is 6. The average molecular weight is 825 g/mol. The Kier molecular flexibility index (Phi) is 16.7. The predicted octanol–water partition coefficient (Wildman–Crippen LogP) is -3.61. The Morgan fingerprint density at radius 3 is 2.23 bits per heavy atom. The van der Waals surface area contributed by atoms with Crippen molar-refractivity contribution in [2.24, 2.45) is 5.73 Å². The zero-order valence-corrected chi connectivity index (χ0v) is 33.2. The van der Waals surface area contributed by atoms with Gasteiger partial charge in [-0.2, -0.15) is 12.6 Å². The lowest BCUT2D eigenvalue weighted by Crippen LogP contribution is -2.61. The standard InChI is InChI=1S/C35H52N8O11S2/c1-16(36)28(48)42-27(18(3)46)32(52)40-25(14-55)34(53)43-12-20(47)9-26(43)31(51)37-17(2)29(49)39-24(30(50)38-19(13-44)11-35(4,54)15-45)10-22-21-7-5-6-8-23(21)41-33(22)56/h5-8,13,16-20,24-27,41,45-47,54-56H,9-12,14-15,36H2,1-4H3,(H,37,51)(H,38,50)(H,39,49)(H,40,52)(H,42,48)/t16-,17-,18-,19-,20-,24-,25-,26-,27+,35?/m0/s1. The number of β-amino-alcohol motifs (C(OH)–C–C–N with tert-alkyl or cyclic N) is 1. The van der Waals surface area contributed by atoms with Gasteiger partial charge < -0.3 is 67.4 Å². The number of rotatable bonds is 19. The SMILES string of the molecule is C[C@H](N)C(=O)N[C@@H](C(=O)N[C@@H](CS)C(=O)N1C[C@@H](O)C[C@H]1C(=O)N[C@@H](C)C(=O)N[C@@H](Cc1c(S)[nH]c2ccccc12)C(=O)N[C@H](C=O)CC(C)(O)CO)[C@H](C)O. The number of nitrogens with two attached hydrogens (primary N) is 1. The van der Waals surface area contributed by atoms with Crippen molar-refractivity contribution in [2.45, 2.75) is 112 Å². The third-order valence-corrected chi connectivity index (χ3v) is 9.96. The van der Waals surface area contributed by atoms with E-state index in [2.05, 4.69) is 56.8 Å². The van der Waals surface area contributed by atoms with Crippen molar-refractivity contribution in [1.29, 1.82) is 0 Å². The summed E-state index contributed by atoms with van der Waals surface area (Å²) in [6.07, 6.45) is -2.82. The number of likely N-dealkylation sites (tertiary alicyclic amines) is 1. The molecule has 6 amide bonds. The van der Waals surface area contributed by atoms with Crippen LogP contribution in [0.2, 0.25) is 0 Å². The number of aliphatic hydroxyl groups is 4. The van der Waals surface area contributed by atoms with E-state index >= 15 is 0 Å². The molecule has 0 radical (unpaired) electrons. The van der Waals surface area contributed by atoms with Crippen molar-refractivity contribution in [1.82, 2.24) is 36.5 Å². The zero-order chi connectivity index (χ0) is 42.1. The summed E-state index contributed by atoms with van der Waals surface area (Å²) in [5.41, 5.74) is 5.12. The minimum atomic E-state index is -1.70. The number of carbonyl (C=O) groups excluding carboxylic acids is 7. The van der Waals surface area contributed by atoms with Crippen LogP contribution < -0.4 is 32.3 Å². The molecule has 21 heteroatoms. The molecule has 0 aliphatic carbocycles. The van der Waals surface area contributed by atoms with E-state index in [1.54, 1.807) is 24.3 Å². The second kappa shape index (κ2) is 20.3. The molecule has 1 aliphatic heterocycles.